The molecule has 1 rings (SSSR count). The summed E-state index contributed by atoms with van der Waals surface area (Å²) in [6.45, 7) is 2.88. The lowest BCUT2D eigenvalue weighted by molar-refractivity contribution is -0.146. The first kappa shape index (κ1) is 21.1. The van der Waals surface area contributed by atoms with E-state index < -0.39 is 41.6 Å². The molecule has 0 spiro atoms. The number of nitriles is 1. The molecule has 0 aliphatic rings. The van der Waals surface area contributed by atoms with Gasteiger partial charge in [-0.3, -0.25) is 9.59 Å². The molecule has 0 saturated carbocycles. The van der Waals surface area contributed by atoms with E-state index in [0.717, 1.165) is 0 Å². The quantitative estimate of drug-likeness (QED) is 0.672. The van der Waals surface area contributed by atoms with Crippen LogP contribution < -0.4 is 10.6 Å². The summed E-state index contributed by atoms with van der Waals surface area (Å²) in [6.07, 6.45) is 0.0818. The summed E-state index contributed by atoms with van der Waals surface area (Å²) in [5.41, 5.74) is 0.513. The molecule has 0 fully saturated rings. The first-order chi connectivity index (χ1) is 12.3. The molecule has 0 aromatic heterocycles. The number of carbonyl (C=O) groups is 3. The van der Waals surface area contributed by atoms with Crippen molar-refractivity contribution >= 4 is 17.8 Å². The Morgan fingerprint density at radius 3 is 2.54 bits per heavy atom. The van der Waals surface area contributed by atoms with E-state index in [0.29, 0.717) is 5.56 Å². The van der Waals surface area contributed by atoms with Gasteiger partial charge in [-0.15, -0.1) is 0 Å². The van der Waals surface area contributed by atoms with E-state index in [9.17, 15) is 18.8 Å². The lowest BCUT2D eigenvalue weighted by atomic mass is 9.97. The minimum Gasteiger partial charge on any atom is -0.467 e. The van der Waals surface area contributed by atoms with Gasteiger partial charge in [0.2, 0.25) is 11.8 Å². The van der Waals surface area contributed by atoms with Gasteiger partial charge in [0, 0.05) is 25.7 Å². The molecule has 0 bridgehead atoms. The van der Waals surface area contributed by atoms with Gasteiger partial charge in [-0.2, -0.15) is 5.26 Å². The molecular formula is C18H22FN3O4. The van der Waals surface area contributed by atoms with Crippen molar-refractivity contribution in [2.24, 2.45) is 5.92 Å². The maximum Gasteiger partial charge on any atom is 0.328 e. The van der Waals surface area contributed by atoms with E-state index in [1.807, 2.05) is 6.07 Å². The number of methoxy groups -OCH3 is 1. The highest BCUT2D eigenvalue weighted by molar-refractivity contribution is 5.90. The molecule has 1 aromatic rings. The predicted octanol–water partition coefficient (Wildman–Crippen LogP) is 1.08. The van der Waals surface area contributed by atoms with Crippen LogP contribution in [0.25, 0.3) is 0 Å². The zero-order chi connectivity index (χ0) is 19.7. The average molecular weight is 363 g/mol. The molecule has 2 amide bonds. The van der Waals surface area contributed by atoms with Crippen molar-refractivity contribution in [2.45, 2.75) is 38.8 Å². The number of halogens is 1. The third-order valence-corrected chi connectivity index (χ3v) is 3.76. The van der Waals surface area contributed by atoms with Crippen LogP contribution in [0, 0.1) is 23.1 Å². The largest absolute Gasteiger partial charge is 0.467 e. The van der Waals surface area contributed by atoms with Crippen LogP contribution in [0.1, 0.15) is 25.8 Å². The highest BCUT2D eigenvalue weighted by Crippen LogP contribution is 2.11. The van der Waals surface area contributed by atoms with Crippen molar-refractivity contribution in [1.82, 2.24) is 10.6 Å². The van der Waals surface area contributed by atoms with Gasteiger partial charge >= 0.3 is 5.97 Å². The first-order valence-electron chi connectivity index (χ1n) is 8.05. The van der Waals surface area contributed by atoms with Gasteiger partial charge in [0.05, 0.1) is 13.2 Å². The second-order valence-corrected chi connectivity index (χ2v) is 5.94. The summed E-state index contributed by atoms with van der Waals surface area (Å²) in [6, 6.07) is 5.56. The van der Waals surface area contributed by atoms with Crippen LogP contribution in [0.15, 0.2) is 24.3 Å². The SMILES string of the molecule is COC(=O)[C@@H](NC(=O)[C@H](Cc1cccc(F)c1)NC(C)=O)[C@@H](C)CC#N. The van der Waals surface area contributed by atoms with Crippen molar-refractivity contribution in [1.29, 1.82) is 5.26 Å². The molecule has 0 aliphatic carbocycles. The zero-order valence-electron chi connectivity index (χ0n) is 14.9. The number of rotatable bonds is 8. The minimum absolute atomic E-state index is 0.0365. The Morgan fingerprint density at radius 1 is 1.31 bits per heavy atom. The number of benzene rings is 1. The third kappa shape index (κ3) is 6.51. The lowest BCUT2D eigenvalue weighted by Gasteiger charge is -2.24. The summed E-state index contributed by atoms with van der Waals surface area (Å²) in [4.78, 5) is 36.0. The molecule has 0 radical (unpaired) electrons. The zero-order valence-corrected chi connectivity index (χ0v) is 14.9. The summed E-state index contributed by atoms with van der Waals surface area (Å²) in [5.74, 6) is -2.69. The second kappa shape index (κ2) is 10.1. The fourth-order valence-electron chi connectivity index (χ4n) is 2.43. The number of hydrogen-bond acceptors (Lipinski definition) is 5. The Morgan fingerprint density at radius 2 is 2.00 bits per heavy atom. The van der Waals surface area contributed by atoms with Crippen LogP contribution in [0.5, 0.6) is 0 Å². The van der Waals surface area contributed by atoms with Crippen molar-refractivity contribution < 1.29 is 23.5 Å². The van der Waals surface area contributed by atoms with Crippen molar-refractivity contribution in [3.8, 4) is 6.07 Å². The highest BCUT2D eigenvalue weighted by atomic mass is 19.1. The van der Waals surface area contributed by atoms with Gasteiger partial charge in [-0.1, -0.05) is 19.1 Å². The molecule has 2 N–H and O–H groups in total. The normalized spacial score (nSPS) is 13.7. The maximum atomic E-state index is 13.4. The predicted molar refractivity (Wildman–Crippen MR) is 91.0 cm³/mol. The van der Waals surface area contributed by atoms with Crippen LogP contribution in [0.3, 0.4) is 0 Å². The van der Waals surface area contributed by atoms with Crippen molar-refractivity contribution in [3.63, 3.8) is 0 Å². The van der Waals surface area contributed by atoms with Gasteiger partial charge in [0.1, 0.15) is 17.9 Å². The summed E-state index contributed by atoms with van der Waals surface area (Å²) in [5, 5.41) is 13.8. The molecule has 0 unspecified atom stereocenters. The van der Waals surface area contributed by atoms with Crippen molar-refractivity contribution in [2.75, 3.05) is 7.11 Å². The van der Waals surface area contributed by atoms with E-state index in [1.165, 1.54) is 32.2 Å². The average Bonchev–Trinajstić information content (AvgIpc) is 2.58. The van der Waals surface area contributed by atoms with Crippen LogP contribution in [-0.2, 0) is 25.5 Å². The Kier molecular flexibility index (Phi) is 8.22. The Hall–Kier alpha value is -2.95. The standard InChI is InChI=1S/C18H22FN3O4/c1-11(7-8-20)16(18(25)26-3)22-17(24)15(21-12(2)23)10-13-5-4-6-14(19)9-13/h4-6,9,11,15-16H,7,10H2,1-3H3,(H,21,23)(H,22,24)/t11-,15-,16-/m0/s1. The Labute approximate surface area is 151 Å². The van der Waals surface area contributed by atoms with Gasteiger partial charge in [0.25, 0.3) is 0 Å². The Bertz CT molecular complexity index is 702. The van der Waals surface area contributed by atoms with Gasteiger partial charge in [0.15, 0.2) is 0 Å². The van der Waals surface area contributed by atoms with Crippen molar-refractivity contribution in [3.05, 3.63) is 35.6 Å². The molecule has 26 heavy (non-hydrogen) atoms. The van der Waals surface area contributed by atoms with Gasteiger partial charge in [-0.05, 0) is 17.7 Å². The number of carbonyl (C=O) groups excluding carboxylic acids is 3. The summed E-state index contributed by atoms with van der Waals surface area (Å²) in [7, 11) is 1.18. The van der Waals surface area contributed by atoms with Gasteiger partial charge in [-0.25, -0.2) is 9.18 Å². The van der Waals surface area contributed by atoms with Crippen LogP contribution in [0.2, 0.25) is 0 Å². The molecular weight excluding hydrogens is 341 g/mol. The smallest absolute Gasteiger partial charge is 0.328 e. The van der Waals surface area contributed by atoms with Crippen LogP contribution in [-0.4, -0.2) is 37.0 Å². The van der Waals surface area contributed by atoms with Crippen LogP contribution in [0.4, 0.5) is 4.39 Å². The Balaban J connectivity index is 2.97. The fraction of sp³-hybridized carbons (Fsp3) is 0.444. The summed E-state index contributed by atoms with van der Waals surface area (Å²) < 4.78 is 18.0. The number of nitrogens with zero attached hydrogens (tertiary/aromatic N) is 1. The first-order valence-corrected chi connectivity index (χ1v) is 8.05. The molecule has 0 aliphatic heterocycles. The van der Waals surface area contributed by atoms with Gasteiger partial charge < -0.3 is 15.4 Å². The fourth-order valence-corrected chi connectivity index (χ4v) is 2.43. The second-order valence-electron chi connectivity index (χ2n) is 5.94. The summed E-state index contributed by atoms with van der Waals surface area (Å²) >= 11 is 0. The molecule has 0 saturated heterocycles. The van der Waals surface area contributed by atoms with E-state index in [-0.39, 0.29) is 12.8 Å². The molecule has 8 heteroatoms. The van der Waals surface area contributed by atoms with E-state index >= 15 is 0 Å². The van der Waals surface area contributed by atoms with E-state index in [2.05, 4.69) is 15.4 Å². The molecule has 7 nitrogen and oxygen atoms in total. The number of amides is 2. The number of hydrogen-bond donors (Lipinski definition) is 2. The highest BCUT2D eigenvalue weighted by Gasteiger charge is 2.30. The van der Waals surface area contributed by atoms with Crippen LogP contribution >= 0.6 is 0 Å². The molecule has 1 aromatic carbocycles. The molecule has 3 atom stereocenters. The third-order valence-electron chi connectivity index (χ3n) is 3.76. The molecule has 0 heterocycles. The lowest BCUT2D eigenvalue weighted by Crippen LogP contribution is -2.54. The minimum atomic E-state index is -1.03. The number of nitrogens with one attached hydrogen (secondary N) is 2. The van der Waals surface area contributed by atoms with E-state index in [1.54, 1.807) is 13.0 Å². The van der Waals surface area contributed by atoms with E-state index in [4.69, 9.17) is 5.26 Å². The molecule has 140 valence electrons. The maximum absolute atomic E-state index is 13.4. The monoisotopic (exact) mass is 363 g/mol. The number of esters is 1. The number of ether oxygens (including phenoxy) is 1. The topological polar surface area (TPSA) is 108 Å².